The number of hydrogen-bond donors (Lipinski definition) is 2. The summed E-state index contributed by atoms with van der Waals surface area (Å²) in [7, 11) is -2.05. The van der Waals surface area contributed by atoms with Gasteiger partial charge < -0.3 is 10.1 Å². The van der Waals surface area contributed by atoms with E-state index in [1.807, 2.05) is 6.92 Å². The van der Waals surface area contributed by atoms with Crippen LogP contribution in [0.5, 0.6) is 5.75 Å². The molecule has 0 atom stereocenters. The molecule has 0 spiro atoms. The SMILES string of the molecule is COc1ccc(N(CCCNS(=O)(=O)c2ccc(C)cc2)C(=O)Nc2cccc(Cl)c2)cc1. The fourth-order valence-electron chi connectivity index (χ4n) is 3.11. The summed E-state index contributed by atoms with van der Waals surface area (Å²) in [5, 5.41) is 3.34. The highest BCUT2D eigenvalue weighted by molar-refractivity contribution is 7.89. The third-order valence-corrected chi connectivity index (χ3v) is 6.60. The Labute approximate surface area is 199 Å². The fraction of sp³-hybridized carbons (Fsp3) is 0.208. The maximum absolute atomic E-state index is 13.0. The Morgan fingerprint density at radius 2 is 1.73 bits per heavy atom. The van der Waals surface area contributed by atoms with Crippen molar-refractivity contribution in [2.45, 2.75) is 18.2 Å². The van der Waals surface area contributed by atoms with Crippen molar-refractivity contribution in [2.75, 3.05) is 30.4 Å². The molecule has 0 aliphatic carbocycles. The van der Waals surface area contributed by atoms with E-state index in [1.165, 1.54) is 0 Å². The van der Waals surface area contributed by atoms with Crippen LogP contribution in [0.4, 0.5) is 16.2 Å². The van der Waals surface area contributed by atoms with Crippen LogP contribution in [0.2, 0.25) is 5.02 Å². The highest BCUT2D eigenvalue weighted by atomic mass is 35.5. The normalized spacial score (nSPS) is 11.1. The first-order chi connectivity index (χ1) is 15.8. The molecule has 3 aromatic carbocycles. The minimum atomic E-state index is -3.62. The van der Waals surface area contributed by atoms with Crippen molar-refractivity contribution in [1.29, 1.82) is 0 Å². The molecule has 0 saturated carbocycles. The molecule has 0 bridgehead atoms. The third kappa shape index (κ3) is 6.95. The van der Waals surface area contributed by atoms with E-state index >= 15 is 0 Å². The van der Waals surface area contributed by atoms with E-state index in [0.29, 0.717) is 28.6 Å². The summed E-state index contributed by atoms with van der Waals surface area (Å²) in [6.07, 6.45) is 0.403. The average molecular weight is 488 g/mol. The van der Waals surface area contributed by atoms with Gasteiger partial charge in [-0.3, -0.25) is 4.90 Å². The number of rotatable bonds is 9. The number of nitrogens with zero attached hydrogens (tertiary/aromatic N) is 1. The average Bonchev–Trinajstić information content (AvgIpc) is 2.79. The van der Waals surface area contributed by atoms with Crippen LogP contribution < -0.4 is 19.7 Å². The Kier molecular flexibility index (Phi) is 8.32. The number of ether oxygens (including phenoxy) is 1. The Hall–Kier alpha value is -3.07. The van der Waals surface area contributed by atoms with Crippen molar-refractivity contribution in [3.63, 3.8) is 0 Å². The lowest BCUT2D eigenvalue weighted by atomic mass is 10.2. The lowest BCUT2D eigenvalue weighted by Crippen LogP contribution is -2.37. The standard InChI is InChI=1S/C24H26ClN3O4S/c1-18-7-13-23(14-8-18)33(30,31)26-15-4-16-28(21-9-11-22(32-2)12-10-21)24(29)27-20-6-3-5-19(25)17-20/h3,5-14,17,26H,4,15-16H2,1-2H3,(H,27,29). The first-order valence-electron chi connectivity index (χ1n) is 10.3. The molecule has 0 aliphatic rings. The lowest BCUT2D eigenvalue weighted by molar-refractivity contribution is 0.257. The van der Waals surface area contributed by atoms with Crippen molar-refractivity contribution in [3.8, 4) is 5.75 Å². The summed E-state index contributed by atoms with van der Waals surface area (Å²) in [5.41, 5.74) is 2.19. The van der Waals surface area contributed by atoms with Gasteiger partial charge in [-0.2, -0.15) is 0 Å². The summed E-state index contributed by atoms with van der Waals surface area (Å²) in [6.45, 7) is 2.36. The van der Waals surface area contributed by atoms with Gasteiger partial charge in [-0.15, -0.1) is 0 Å². The number of methoxy groups -OCH3 is 1. The zero-order chi connectivity index (χ0) is 23.8. The molecule has 33 heavy (non-hydrogen) atoms. The molecule has 3 rings (SSSR count). The van der Waals surface area contributed by atoms with Gasteiger partial charge in [0.25, 0.3) is 0 Å². The maximum Gasteiger partial charge on any atom is 0.326 e. The van der Waals surface area contributed by atoms with Gasteiger partial charge in [-0.05, 0) is 67.9 Å². The van der Waals surface area contributed by atoms with Crippen LogP contribution in [0.25, 0.3) is 0 Å². The summed E-state index contributed by atoms with van der Waals surface area (Å²) < 4.78 is 32.8. The van der Waals surface area contributed by atoms with Crippen LogP contribution in [0.15, 0.2) is 77.7 Å². The molecule has 0 aromatic heterocycles. The smallest absolute Gasteiger partial charge is 0.326 e. The number of amides is 2. The largest absolute Gasteiger partial charge is 0.497 e. The van der Waals surface area contributed by atoms with E-state index in [9.17, 15) is 13.2 Å². The molecule has 0 heterocycles. The van der Waals surface area contributed by atoms with Crippen LogP contribution in [-0.2, 0) is 10.0 Å². The van der Waals surface area contributed by atoms with Crippen molar-refractivity contribution in [1.82, 2.24) is 4.72 Å². The van der Waals surface area contributed by atoms with Gasteiger partial charge >= 0.3 is 6.03 Å². The van der Waals surface area contributed by atoms with Crippen molar-refractivity contribution in [2.24, 2.45) is 0 Å². The molecule has 9 heteroatoms. The molecule has 2 amide bonds. The van der Waals surface area contributed by atoms with Gasteiger partial charge in [0, 0.05) is 29.5 Å². The van der Waals surface area contributed by atoms with Crippen LogP contribution >= 0.6 is 11.6 Å². The molecule has 0 fully saturated rings. The maximum atomic E-state index is 13.0. The Morgan fingerprint density at radius 1 is 1.03 bits per heavy atom. The van der Waals surface area contributed by atoms with E-state index in [-0.39, 0.29) is 24.0 Å². The van der Waals surface area contributed by atoms with Crippen molar-refractivity contribution in [3.05, 3.63) is 83.4 Å². The number of carbonyl (C=O) groups is 1. The number of urea groups is 1. The zero-order valence-corrected chi connectivity index (χ0v) is 20.0. The summed E-state index contributed by atoms with van der Waals surface area (Å²) in [4.78, 5) is 14.8. The third-order valence-electron chi connectivity index (χ3n) is 4.89. The highest BCUT2D eigenvalue weighted by Gasteiger charge is 2.18. The van der Waals surface area contributed by atoms with Crippen LogP contribution in [0.3, 0.4) is 0 Å². The molecule has 2 N–H and O–H groups in total. The molecule has 0 radical (unpaired) electrons. The fourth-order valence-corrected chi connectivity index (χ4v) is 4.38. The van der Waals surface area contributed by atoms with Gasteiger partial charge in [0.15, 0.2) is 0 Å². The number of halogens is 1. The Bertz CT molecular complexity index is 1180. The minimum absolute atomic E-state index is 0.174. The second kappa shape index (κ2) is 11.2. The summed E-state index contributed by atoms with van der Waals surface area (Å²) >= 11 is 6.02. The first kappa shape index (κ1) is 24.6. The molecular formula is C24H26ClN3O4S. The zero-order valence-electron chi connectivity index (χ0n) is 18.4. The van der Waals surface area contributed by atoms with E-state index in [4.69, 9.17) is 16.3 Å². The molecule has 3 aromatic rings. The first-order valence-corrected chi connectivity index (χ1v) is 12.2. The van der Waals surface area contributed by atoms with Crippen LogP contribution in [-0.4, -0.2) is 34.6 Å². The second-order valence-corrected chi connectivity index (χ2v) is 9.56. The topological polar surface area (TPSA) is 87.7 Å². The number of sulfonamides is 1. The number of anilines is 2. The molecule has 7 nitrogen and oxygen atoms in total. The van der Waals surface area contributed by atoms with Gasteiger partial charge in [0.05, 0.1) is 12.0 Å². The van der Waals surface area contributed by atoms with E-state index < -0.39 is 10.0 Å². The Balaban J connectivity index is 1.68. The van der Waals surface area contributed by atoms with Crippen molar-refractivity contribution >= 4 is 39.0 Å². The number of benzene rings is 3. The van der Waals surface area contributed by atoms with Crippen molar-refractivity contribution < 1.29 is 17.9 Å². The minimum Gasteiger partial charge on any atom is -0.497 e. The number of nitrogens with one attached hydrogen (secondary N) is 2. The number of carbonyl (C=O) groups excluding carboxylic acids is 1. The van der Waals surface area contributed by atoms with Crippen LogP contribution in [0, 0.1) is 6.92 Å². The summed E-state index contributed by atoms with van der Waals surface area (Å²) in [6, 6.07) is 20.2. The number of hydrogen-bond acceptors (Lipinski definition) is 4. The molecule has 0 aliphatic heterocycles. The van der Waals surface area contributed by atoms with Crippen LogP contribution in [0.1, 0.15) is 12.0 Å². The van der Waals surface area contributed by atoms with Gasteiger partial charge in [0.2, 0.25) is 10.0 Å². The molecular weight excluding hydrogens is 462 g/mol. The quantitative estimate of drug-likeness (QED) is 0.413. The monoisotopic (exact) mass is 487 g/mol. The number of aryl methyl sites for hydroxylation is 1. The highest BCUT2D eigenvalue weighted by Crippen LogP contribution is 2.22. The molecule has 0 saturated heterocycles. The van der Waals surface area contributed by atoms with E-state index in [2.05, 4.69) is 10.0 Å². The lowest BCUT2D eigenvalue weighted by Gasteiger charge is -2.23. The predicted molar refractivity (Wildman–Crippen MR) is 132 cm³/mol. The van der Waals surface area contributed by atoms with E-state index in [0.717, 1.165) is 5.56 Å². The van der Waals surface area contributed by atoms with E-state index in [1.54, 1.807) is 84.8 Å². The molecule has 0 unspecified atom stereocenters. The Morgan fingerprint density at radius 3 is 2.36 bits per heavy atom. The molecule has 174 valence electrons. The van der Waals surface area contributed by atoms with Gasteiger partial charge in [0.1, 0.15) is 5.75 Å². The van der Waals surface area contributed by atoms with Gasteiger partial charge in [-0.1, -0.05) is 35.4 Å². The van der Waals surface area contributed by atoms with Gasteiger partial charge in [-0.25, -0.2) is 17.9 Å². The predicted octanol–water partition coefficient (Wildman–Crippen LogP) is 5.06. The summed E-state index contributed by atoms with van der Waals surface area (Å²) in [5.74, 6) is 0.666. The second-order valence-electron chi connectivity index (χ2n) is 7.35.